The SMILES string of the molecule is COC(=O)c1cccc(NC(=O)C23CC4CC(C2)CC(c2ccc(C)cc2)(C4)C3)c1. The van der Waals surface area contributed by atoms with Gasteiger partial charge in [0, 0.05) is 5.69 Å². The quantitative estimate of drug-likeness (QED) is 0.709. The molecule has 4 nitrogen and oxygen atoms in total. The largest absolute Gasteiger partial charge is 0.465 e. The normalized spacial score (nSPS) is 31.4. The van der Waals surface area contributed by atoms with E-state index in [1.54, 1.807) is 18.2 Å². The molecule has 4 saturated carbocycles. The van der Waals surface area contributed by atoms with Gasteiger partial charge in [-0.05, 0) is 86.5 Å². The lowest BCUT2D eigenvalue weighted by molar-refractivity contribution is -0.143. The zero-order valence-electron chi connectivity index (χ0n) is 17.7. The number of ether oxygens (including phenoxy) is 1. The molecule has 2 atom stereocenters. The summed E-state index contributed by atoms with van der Waals surface area (Å²) in [5.41, 5.74) is 3.63. The summed E-state index contributed by atoms with van der Waals surface area (Å²) >= 11 is 0. The van der Waals surface area contributed by atoms with E-state index in [4.69, 9.17) is 4.74 Å². The lowest BCUT2D eigenvalue weighted by Crippen LogP contribution is -2.57. The molecule has 30 heavy (non-hydrogen) atoms. The molecule has 0 aliphatic heterocycles. The van der Waals surface area contributed by atoms with Crippen molar-refractivity contribution in [1.82, 2.24) is 0 Å². The first-order valence-electron chi connectivity index (χ1n) is 11.0. The van der Waals surface area contributed by atoms with E-state index in [9.17, 15) is 9.59 Å². The molecule has 4 fully saturated rings. The van der Waals surface area contributed by atoms with Gasteiger partial charge >= 0.3 is 5.97 Å². The van der Waals surface area contributed by atoms with Crippen LogP contribution >= 0.6 is 0 Å². The van der Waals surface area contributed by atoms with Gasteiger partial charge in [-0.1, -0.05) is 35.9 Å². The second-order valence-electron chi connectivity index (χ2n) is 9.91. The predicted molar refractivity (Wildman–Crippen MR) is 116 cm³/mol. The van der Waals surface area contributed by atoms with Crippen molar-refractivity contribution in [2.45, 2.75) is 50.9 Å². The summed E-state index contributed by atoms with van der Waals surface area (Å²) in [4.78, 5) is 25.5. The Morgan fingerprint density at radius 3 is 2.37 bits per heavy atom. The van der Waals surface area contributed by atoms with Crippen LogP contribution in [0.1, 0.15) is 60.0 Å². The Morgan fingerprint density at radius 2 is 1.70 bits per heavy atom. The molecular formula is C26H29NO3. The molecule has 0 saturated heterocycles. The van der Waals surface area contributed by atoms with Crippen molar-refractivity contribution in [1.29, 1.82) is 0 Å². The number of esters is 1. The van der Waals surface area contributed by atoms with E-state index in [0.717, 1.165) is 19.3 Å². The Hall–Kier alpha value is -2.62. The maximum Gasteiger partial charge on any atom is 0.337 e. The van der Waals surface area contributed by atoms with Gasteiger partial charge in [-0.3, -0.25) is 4.79 Å². The fraction of sp³-hybridized carbons (Fsp3) is 0.462. The van der Waals surface area contributed by atoms with E-state index in [1.807, 2.05) is 6.07 Å². The van der Waals surface area contributed by atoms with Crippen LogP contribution < -0.4 is 5.32 Å². The Kier molecular flexibility index (Phi) is 4.49. The molecule has 4 bridgehead atoms. The van der Waals surface area contributed by atoms with Crippen LogP contribution in [0.5, 0.6) is 0 Å². The number of nitrogens with one attached hydrogen (secondary N) is 1. The van der Waals surface area contributed by atoms with Gasteiger partial charge in [0.05, 0.1) is 18.1 Å². The second kappa shape index (κ2) is 6.97. The van der Waals surface area contributed by atoms with Gasteiger partial charge in [-0.25, -0.2) is 4.79 Å². The number of carbonyl (C=O) groups is 2. The summed E-state index contributed by atoms with van der Waals surface area (Å²) in [6.07, 6.45) is 6.58. The Balaban J connectivity index is 1.43. The van der Waals surface area contributed by atoms with Crippen molar-refractivity contribution in [2.24, 2.45) is 17.3 Å². The van der Waals surface area contributed by atoms with Gasteiger partial charge in [0.2, 0.25) is 5.91 Å². The van der Waals surface area contributed by atoms with Crippen molar-refractivity contribution in [2.75, 3.05) is 12.4 Å². The number of methoxy groups -OCH3 is 1. The molecule has 1 amide bonds. The minimum Gasteiger partial charge on any atom is -0.465 e. The highest BCUT2D eigenvalue weighted by Crippen LogP contribution is 2.66. The molecule has 0 radical (unpaired) electrons. The molecular weight excluding hydrogens is 374 g/mol. The van der Waals surface area contributed by atoms with Gasteiger partial charge in [0.15, 0.2) is 0 Å². The molecule has 4 aliphatic carbocycles. The maximum absolute atomic E-state index is 13.6. The molecule has 6 rings (SSSR count). The summed E-state index contributed by atoms with van der Waals surface area (Å²) in [7, 11) is 1.37. The minimum absolute atomic E-state index is 0.120. The molecule has 4 heteroatoms. The number of anilines is 1. The smallest absolute Gasteiger partial charge is 0.337 e. The molecule has 2 unspecified atom stereocenters. The lowest BCUT2D eigenvalue weighted by atomic mass is 9.42. The van der Waals surface area contributed by atoms with Crippen LogP contribution in [0, 0.1) is 24.2 Å². The topological polar surface area (TPSA) is 55.4 Å². The standard InChI is InChI=1S/C26H29NO3/c1-17-6-8-21(9-7-17)25-12-18-10-19(13-25)15-26(14-18,16-25)24(29)27-22-5-3-4-20(11-22)23(28)30-2/h3-9,11,18-19H,10,12-16H2,1-2H3,(H,27,29). The fourth-order valence-electron chi connectivity index (χ4n) is 6.88. The van der Waals surface area contributed by atoms with Crippen LogP contribution in [-0.4, -0.2) is 19.0 Å². The summed E-state index contributed by atoms with van der Waals surface area (Å²) in [5, 5.41) is 3.15. The highest BCUT2D eigenvalue weighted by Gasteiger charge is 2.60. The predicted octanol–water partition coefficient (Wildman–Crippen LogP) is 5.26. The fourth-order valence-corrected chi connectivity index (χ4v) is 6.88. The first-order chi connectivity index (χ1) is 14.4. The van der Waals surface area contributed by atoms with Gasteiger partial charge < -0.3 is 10.1 Å². The highest BCUT2D eigenvalue weighted by molar-refractivity contribution is 5.97. The zero-order chi connectivity index (χ0) is 20.9. The summed E-state index contributed by atoms with van der Waals surface area (Å²) in [5.74, 6) is 0.980. The molecule has 0 aromatic heterocycles. The number of amides is 1. The molecule has 156 valence electrons. The van der Waals surface area contributed by atoms with Crippen LogP contribution in [0.15, 0.2) is 48.5 Å². The lowest BCUT2D eigenvalue weighted by Gasteiger charge is -2.61. The molecule has 2 aromatic carbocycles. The average Bonchev–Trinajstić information content (AvgIpc) is 2.73. The number of rotatable bonds is 4. The third-order valence-corrected chi connectivity index (χ3v) is 7.75. The Bertz CT molecular complexity index is 980. The molecule has 2 aromatic rings. The molecule has 0 spiro atoms. The van der Waals surface area contributed by atoms with E-state index in [0.29, 0.717) is 23.1 Å². The second-order valence-corrected chi connectivity index (χ2v) is 9.91. The minimum atomic E-state index is -0.390. The zero-order valence-corrected chi connectivity index (χ0v) is 17.7. The van der Waals surface area contributed by atoms with Crippen molar-refractivity contribution < 1.29 is 14.3 Å². The number of hydrogen-bond donors (Lipinski definition) is 1. The Morgan fingerprint density at radius 1 is 1.00 bits per heavy atom. The van der Waals surface area contributed by atoms with E-state index in [-0.39, 0.29) is 22.7 Å². The van der Waals surface area contributed by atoms with E-state index >= 15 is 0 Å². The van der Waals surface area contributed by atoms with Crippen LogP contribution in [0.3, 0.4) is 0 Å². The first-order valence-corrected chi connectivity index (χ1v) is 11.0. The van der Waals surface area contributed by atoms with Gasteiger partial charge in [0.1, 0.15) is 0 Å². The monoisotopic (exact) mass is 403 g/mol. The number of carbonyl (C=O) groups excluding carboxylic acids is 2. The van der Waals surface area contributed by atoms with Crippen molar-refractivity contribution in [3.05, 3.63) is 65.2 Å². The van der Waals surface area contributed by atoms with Crippen LogP contribution in [0.2, 0.25) is 0 Å². The Labute approximate surface area is 178 Å². The van der Waals surface area contributed by atoms with Gasteiger partial charge in [-0.15, -0.1) is 0 Å². The number of hydrogen-bond acceptors (Lipinski definition) is 3. The van der Waals surface area contributed by atoms with Crippen LogP contribution in [0.4, 0.5) is 5.69 Å². The third kappa shape index (κ3) is 3.13. The van der Waals surface area contributed by atoms with E-state index < -0.39 is 0 Å². The van der Waals surface area contributed by atoms with Crippen molar-refractivity contribution >= 4 is 17.6 Å². The van der Waals surface area contributed by atoms with Crippen molar-refractivity contribution in [3.63, 3.8) is 0 Å². The summed E-state index contributed by atoms with van der Waals surface area (Å²) in [6.45, 7) is 2.13. The van der Waals surface area contributed by atoms with Crippen LogP contribution in [-0.2, 0) is 14.9 Å². The number of benzene rings is 2. The molecule has 0 heterocycles. The summed E-state index contributed by atoms with van der Waals surface area (Å²) in [6, 6.07) is 16.0. The average molecular weight is 404 g/mol. The number of aryl methyl sites for hydroxylation is 1. The molecule has 1 N–H and O–H groups in total. The highest BCUT2D eigenvalue weighted by atomic mass is 16.5. The molecule has 4 aliphatic rings. The van der Waals surface area contributed by atoms with E-state index in [2.05, 4.69) is 36.5 Å². The summed E-state index contributed by atoms with van der Waals surface area (Å²) < 4.78 is 4.82. The first kappa shape index (κ1) is 19.3. The maximum atomic E-state index is 13.6. The van der Waals surface area contributed by atoms with E-state index in [1.165, 1.54) is 37.5 Å². The van der Waals surface area contributed by atoms with Crippen LogP contribution in [0.25, 0.3) is 0 Å². The third-order valence-electron chi connectivity index (χ3n) is 7.75. The van der Waals surface area contributed by atoms with Gasteiger partial charge in [-0.2, -0.15) is 0 Å². The van der Waals surface area contributed by atoms with Gasteiger partial charge in [0.25, 0.3) is 0 Å². The van der Waals surface area contributed by atoms with Crippen molar-refractivity contribution in [3.8, 4) is 0 Å².